The van der Waals surface area contributed by atoms with Crippen LogP contribution in [0.2, 0.25) is 0 Å². The number of hydrogen-bond donors (Lipinski definition) is 3. The number of nitrogens with one attached hydrogen (secondary N) is 2. The van der Waals surface area contributed by atoms with Crippen molar-refractivity contribution in [2.45, 2.75) is 76.8 Å². The Bertz CT molecular complexity index is 1760. The standard InChI is InChI=1S/C29H27FN4O6/c1-3-29(39)16-8-21-25-14(10-34(21)27(37)15(16)11-40-28(29)38)24-18(33-26(36)19-6-7-22(35)31-19)5-4-13-12(2)17(30)9-20(32-25)23(13)24/h8-9,18-19,39H,3-7,10-11H2,1-2H3,(H,31,35)(H,33,36)/t18-,19?,29-/m0/s1. The first-order chi connectivity index (χ1) is 19.1. The van der Waals surface area contributed by atoms with Gasteiger partial charge in [0.25, 0.3) is 5.56 Å². The molecule has 2 aromatic heterocycles. The molecule has 4 aliphatic rings. The number of rotatable bonds is 3. The topological polar surface area (TPSA) is 140 Å². The van der Waals surface area contributed by atoms with Gasteiger partial charge in [0.1, 0.15) is 18.5 Å². The minimum Gasteiger partial charge on any atom is -0.458 e. The monoisotopic (exact) mass is 546 g/mol. The van der Waals surface area contributed by atoms with Crippen molar-refractivity contribution in [3.8, 4) is 11.4 Å². The van der Waals surface area contributed by atoms with Gasteiger partial charge < -0.3 is 25.0 Å². The van der Waals surface area contributed by atoms with Gasteiger partial charge in [0.15, 0.2) is 5.60 Å². The minimum atomic E-state index is -1.96. The number of nitrogens with zero attached hydrogens (tertiary/aromatic N) is 2. The molecule has 5 heterocycles. The number of pyridine rings is 2. The van der Waals surface area contributed by atoms with Crippen LogP contribution in [0.1, 0.15) is 72.0 Å². The zero-order valence-corrected chi connectivity index (χ0v) is 22.0. The molecule has 3 N–H and O–H groups in total. The van der Waals surface area contributed by atoms with E-state index in [0.717, 1.165) is 22.1 Å². The number of fused-ring (bicyclic) bond motifs is 5. The molecule has 0 saturated carbocycles. The Balaban J connectivity index is 1.44. The summed E-state index contributed by atoms with van der Waals surface area (Å²) in [7, 11) is 0. The lowest BCUT2D eigenvalue weighted by Crippen LogP contribution is -2.44. The molecule has 7 rings (SSSR count). The normalized spacial score (nSPS) is 24.3. The molecule has 3 atom stereocenters. The number of ether oxygens (including phenoxy) is 1. The van der Waals surface area contributed by atoms with E-state index in [1.54, 1.807) is 19.9 Å². The number of carbonyl (C=O) groups is 3. The zero-order chi connectivity index (χ0) is 28.1. The van der Waals surface area contributed by atoms with Gasteiger partial charge >= 0.3 is 5.97 Å². The van der Waals surface area contributed by atoms with Gasteiger partial charge in [0.2, 0.25) is 11.8 Å². The van der Waals surface area contributed by atoms with Crippen molar-refractivity contribution in [2.24, 2.45) is 0 Å². The second-order valence-corrected chi connectivity index (χ2v) is 11.1. The van der Waals surface area contributed by atoms with Crippen molar-refractivity contribution in [1.82, 2.24) is 20.2 Å². The zero-order valence-electron chi connectivity index (χ0n) is 22.0. The van der Waals surface area contributed by atoms with E-state index in [2.05, 4.69) is 10.6 Å². The number of hydrogen-bond acceptors (Lipinski definition) is 7. The van der Waals surface area contributed by atoms with Crippen LogP contribution < -0.4 is 16.2 Å². The van der Waals surface area contributed by atoms with Crippen molar-refractivity contribution < 1.29 is 28.6 Å². The van der Waals surface area contributed by atoms with Crippen molar-refractivity contribution in [2.75, 3.05) is 0 Å². The molecule has 1 unspecified atom stereocenters. The van der Waals surface area contributed by atoms with Gasteiger partial charge in [-0.2, -0.15) is 0 Å². The molecule has 1 fully saturated rings. The Kier molecular flexibility index (Phi) is 5.25. The van der Waals surface area contributed by atoms with Crippen LogP contribution in [0.3, 0.4) is 0 Å². The highest BCUT2D eigenvalue weighted by atomic mass is 19.1. The molecule has 0 radical (unpaired) electrons. The summed E-state index contributed by atoms with van der Waals surface area (Å²) in [5, 5.41) is 17.8. The van der Waals surface area contributed by atoms with Gasteiger partial charge in [-0.1, -0.05) is 6.92 Å². The molecular weight excluding hydrogens is 519 g/mol. The van der Waals surface area contributed by atoms with E-state index in [-0.39, 0.29) is 54.8 Å². The molecule has 2 amide bonds. The molecule has 3 aliphatic heterocycles. The number of esters is 1. The number of cyclic esters (lactones) is 1. The van der Waals surface area contributed by atoms with Gasteiger partial charge in [-0.3, -0.25) is 14.4 Å². The van der Waals surface area contributed by atoms with Gasteiger partial charge in [-0.05, 0) is 55.4 Å². The van der Waals surface area contributed by atoms with Crippen molar-refractivity contribution in [3.63, 3.8) is 0 Å². The third-order valence-electron chi connectivity index (χ3n) is 9.01. The molecule has 206 valence electrons. The maximum Gasteiger partial charge on any atom is 0.343 e. The third-order valence-corrected chi connectivity index (χ3v) is 9.01. The first kappa shape index (κ1) is 24.9. The Morgan fingerprint density at radius 2 is 2.02 bits per heavy atom. The fraction of sp³-hybridized carbons (Fsp3) is 0.414. The lowest BCUT2D eigenvalue weighted by atomic mass is 9.81. The summed E-state index contributed by atoms with van der Waals surface area (Å²) < 4.78 is 21.7. The smallest absolute Gasteiger partial charge is 0.343 e. The molecule has 11 heteroatoms. The van der Waals surface area contributed by atoms with Crippen molar-refractivity contribution in [3.05, 3.63) is 61.7 Å². The van der Waals surface area contributed by atoms with Gasteiger partial charge in [0, 0.05) is 29.0 Å². The first-order valence-electron chi connectivity index (χ1n) is 13.5. The largest absolute Gasteiger partial charge is 0.458 e. The van der Waals surface area contributed by atoms with Crippen molar-refractivity contribution >= 4 is 28.7 Å². The lowest BCUT2D eigenvalue weighted by molar-refractivity contribution is -0.172. The van der Waals surface area contributed by atoms with Crippen LogP contribution >= 0.6 is 0 Å². The van der Waals surface area contributed by atoms with E-state index in [1.165, 1.54) is 10.6 Å². The number of aliphatic hydroxyl groups is 1. The highest BCUT2D eigenvalue weighted by molar-refractivity contribution is 5.95. The van der Waals surface area contributed by atoms with Crippen LogP contribution in [0.15, 0.2) is 16.9 Å². The quantitative estimate of drug-likeness (QED) is 0.334. The first-order valence-corrected chi connectivity index (χ1v) is 13.5. The summed E-state index contributed by atoms with van der Waals surface area (Å²) in [6, 6.07) is 1.93. The van der Waals surface area contributed by atoms with Gasteiger partial charge in [0.05, 0.1) is 35.1 Å². The molecule has 3 aromatic rings. The Labute approximate surface area is 227 Å². The van der Waals surface area contributed by atoms with E-state index in [9.17, 15) is 24.3 Å². The summed E-state index contributed by atoms with van der Waals surface area (Å²) in [5.41, 5.74) is 2.17. The highest BCUT2D eigenvalue weighted by Gasteiger charge is 2.46. The molecule has 1 aromatic carbocycles. The number of amides is 2. The second kappa shape index (κ2) is 8.44. The molecule has 1 saturated heterocycles. The van der Waals surface area contributed by atoms with Gasteiger partial charge in [-0.15, -0.1) is 0 Å². The van der Waals surface area contributed by atoms with Crippen LogP contribution in [0.25, 0.3) is 22.3 Å². The molecule has 1 aliphatic carbocycles. The number of benzene rings is 1. The summed E-state index contributed by atoms with van der Waals surface area (Å²) >= 11 is 0. The lowest BCUT2D eigenvalue weighted by Gasteiger charge is -2.31. The molecular formula is C29H27FN4O6. The molecule has 0 bridgehead atoms. The van der Waals surface area contributed by atoms with Crippen LogP contribution in [-0.4, -0.2) is 38.5 Å². The predicted octanol–water partition coefficient (Wildman–Crippen LogP) is 1.91. The fourth-order valence-electron chi connectivity index (χ4n) is 6.78. The molecule has 10 nitrogen and oxygen atoms in total. The van der Waals surface area contributed by atoms with Crippen molar-refractivity contribution in [1.29, 1.82) is 0 Å². The van der Waals surface area contributed by atoms with Crippen LogP contribution in [0.4, 0.5) is 4.39 Å². The third kappa shape index (κ3) is 3.27. The maximum atomic E-state index is 15.0. The average molecular weight is 547 g/mol. The maximum absolute atomic E-state index is 15.0. The number of halogens is 1. The van der Waals surface area contributed by atoms with E-state index < -0.39 is 29.2 Å². The number of aryl methyl sites for hydroxylation is 1. The second-order valence-electron chi connectivity index (χ2n) is 11.1. The molecule has 0 spiro atoms. The highest BCUT2D eigenvalue weighted by Crippen LogP contribution is 2.46. The predicted molar refractivity (Wildman–Crippen MR) is 140 cm³/mol. The van der Waals surface area contributed by atoms with E-state index >= 15 is 4.39 Å². The minimum absolute atomic E-state index is 0.0185. The van der Waals surface area contributed by atoms with Crippen LogP contribution in [0.5, 0.6) is 0 Å². The Hall–Kier alpha value is -4.12. The number of aromatic nitrogens is 2. The van der Waals surface area contributed by atoms with E-state index in [1.807, 2.05) is 0 Å². The summed E-state index contributed by atoms with van der Waals surface area (Å²) in [4.78, 5) is 55.9. The fourth-order valence-corrected chi connectivity index (χ4v) is 6.78. The van der Waals surface area contributed by atoms with Crippen LogP contribution in [-0.2, 0) is 44.3 Å². The number of carbonyl (C=O) groups excluding carboxylic acids is 3. The molecule has 40 heavy (non-hydrogen) atoms. The van der Waals surface area contributed by atoms with Crippen LogP contribution in [0, 0.1) is 12.7 Å². The van der Waals surface area contributed by atoms with E-state index in [4.69, 9.17) is 9.72 Å². The Morgan fingerprint density at radius 3 is 2.75 bits per heavy atom. The summed E-state index contributed by atoms with van der Waals surface area (Å²) in [6.07, 6.45) is 1.76. The Morgan fingerprint density at radius 1 is 1.23 bits per heavy atom. The average Bonchev–Trinajstić information content (AvgIpc) is 3.54. The van der Waals surface area contributed by atoms with E-state index in [0.29, 0.717) is 41.7 Å². The SMILES string of the molecule is CC[C@@]1(O)C(=O)OCc2c1cc1n(c2=O)Cc2c-1nc1cc(F)c(C)c3c1c2[C@@H](NC(=O)C1CCC(=O)N1)CC3. The summed E-state index contributed by atoms with van der Waals surface area (Å²) in [5.74, 6) is -1.65. The summed E-state index contributed by atoms with van der Waals surface area (Å²) in [6.45, 7) is 3.28. The van der Waals surface area contributed by atoms with Gasteiger partial charge in [-0.25, -0.2) is 14.2 Å².